The van der Waals surface area contributed by atoms with Crippen LogP contribution >= 0.6 is 22.7 Å². The lowest BCUT2D eigenvalue weighted by molar-refractivity contribution is -0.121. The van der Waals surface area contributed by atoms with Crippen LogP contribution < -0.4 is 5.32 Å². The van der Waals surface area contributed by atoms with E-state index >= 15 is 0 Å². The minimum atomic E-state index is 0.0347. The summed E-state index contributed by atoms with van der Waals surface area (Å²) in [7, 11) is 0. The average molecular weight is 324 g/mol. The van der Waals surface area contributed by atoms with Gasteiger partial charge in [-0.15, -0.1) is 22.7 Å². The van der Waals surface area contributed by atoms with Gasteiger partial charge < -0.3 is 10.4 Å². The third kappa shape index (κ3) is 5.22. The van der Waals surface area contributed by atoms with E-state index in [1.165, 1.54) is 9.75 Å². The summed E-state index contributed by atoms with van der Waals surface area (Å²) in [5, 5.41) is 14.3. The van der Waals surface area contributed by atoms with E-state index in [0.29, 0.717) is 13.0 Å². The van der Waals surface area contributed by atoms with E-state index in [4.69, 9.17) is 0 Å². The summed E-state index contributed by atoms with van der Waals surface area (Å²) in [6, 6.07) is 4.06. The molecule has 6 heteroatoms. The highest BCUT2D eigenvalue weighted by atomic mass is 32.1. The van der Waals surface area contributed by atoms with Gasteiger partial charge in [0.25, 0.3) is 0 Å². The monoisotopic (exact) mass is 324 g/mol. The standard InChI is InChI=1S/C15H20N2O2S2/c1-11-14(21-10-17-11)4-5-15(19)16-8-12(9-18)7-13-3-2-6-20-13/h2-3,6,10,12,18H,4-5,7-9H2,1H3,(H,16,19)/t12-/m1/s1. The second-order valence-corrected chi connectivity index (χ2v) is 6.97. The molecule has 0 saturated heterocycles. The molecule has 0 unspecified atom stereocenters. The highest BCUT2D eigenvalue weighted by Gasteiger charge is 2.12. The maximum absolute atomic E-state index is 11.9. The smallest absolute Gasteiger partial charge is 0.220 e. The van der Waals surface area contributed by atoms with Crippen LogP contribution in [0.4, 0.5) is 0 Å². The van der Waals surface area contributed by atoms with Crippen LogP contribution in [0.3, 0.4) is 0 Å². The fourth-order valence-electron chi connectivity index (χ4n) is 2.05. The molecule has 2 aromatic rings. The van der Waals surface area contributed by atoms with Crippen LogP contribution in [0.15, 0.2) is 23.0 Å². The maximum Gasteiger partial charge on any atom is 0.220 e. The number of amides is 1. The summed E-state index contributed by atoms with van der Waals surface area (Å²) in [6.07, 6.45) is 2.01. The molecular weight excluding hydrogens is 304 g/mol. The summed E-state index contributed by atoms with van der Waals surface area (Å²) in [5.41, 5.74) is 2.82. The molecule has 0 fully saturated rings. The number of rotatable bonds is 8. The summed E-state index contributed by atoms with van der Waals surface area (Å²) >= 11 is 3.28. The van der Waals surface area contributed by atoms with Crippen molar-refractivity contribution in [3.8, 4) is 0 Å². The fraction of sp³-hybridized carbons (Fsp3) is 0.467. The normalized spacial score (nSPS) is 12.3. The van der Waals surface area contributed by atoms with E-state index in [1.807, 2.05) is 23.9 Å². The Labute approximate surface area is 132 Å². The van der Waals surface area contributed by atoms with Crippen LogP contribution in [0.2, 0.25) is 0 Å². The molecule has 0 aliphatic rings. The predicted molar refractivity (Wildman–Crippen MR) is 86.8 cm³/mol. The van der Waals surface area contributed by atoms with Crippen LogP contribution in [-0.2, 0) is 17.6 Å². The van der Waals surface area contributed by atoms with Crippen molar-refractivity contribution in [2.75, 3.05) is 13.2 Å². The summed E-state index contributed by atoms with van der Waals surface area (Å²) in [6.45, 7) is 2.58. The summed E-state index contributed by atoms with van der Waals surface area (Å²) in [5.74, 6) is 0.116. The molecule has 0 bridgehead atoms. The van der Waals surface area contributed by atoms with Crippen molar-refractivity contribution in [2.24, 2.45) is 5.92 Å². The van der Waals surface area contributed by atoms with Crippen LogP contribution in [0, 0.1) is 12.8 Å². The Morgan fingerprint density at radius 1 is 1.48 bits per heavy atom. The lowest BCUT2D eigenvalue weighted by atomic mass is 10.1. The van der Waals surface area contributed by atoms with Gasteiger partial charge in [0.2, 0.25) is 5.91 Å². The van der Waals surface area contributed by atoms with Gasteiger partial charge in [-0.05, 0) is 31.2 Å². The highest BCUT2D eigenvalue weighted by Crippen LogP contribution is 2.15. The molecule has 2 N–H and O–H groups in total. The summed E-state index contributed by atoms with van der Waals surface area (Å²) in [4.78, 5) is 18.5. The van der Waals surface area contributed by atoms with E-state index in [1.54, 1.807) is 22.7 Å². The molecular formula is C15H20N2O2S2. The third-order valence-corrected chi connectivity index (χ3v) is 5.23. The number of aryl methyl sites for hydroxylation is 2. The van der Waals surface area contributed by atoms with Crippen molar-refractivity contribution in [1.29, 1.82) is 0 Å². The fourth-order valence-corrected chi connectivity index (χ4v) is 3.66. The molecule has 0 aliphatic heterocycles. The highest BCUT2D eigenvalue weighted by molar-refractivity contribution is 7.10. The largest absolute Gasteiger partial charge is 0.396 e. The minimum Gasteiger partial charge on any atom is -0.396 e. The van der Waals surface area contributed by atoms with Crippen molar-refractivity contribution >= 4 is 28.6 Å². The Kier molecular flexibility index (Phi) is 6.35. The van der Waals surface area contributed by atoms with Crippen LogP contribution in [0.1, 0.15) is 21.9 Å². The number of thiophene rings is 1. The topological polar surface area (TPSA) is 62.2 Å². The third-order valence-electron chi connectivity index (χ3n) is 3.34. The number of hydrogen-bond acceptors (Lipinski definition) is 5. The van der Waals surface area contributed by atoms with Gasteiger partial charge in [-0.2, -0.15) is 0 Å². The number of nitrogens with one attached hydrogen (secondary N) is 1. The molecule has 0 spiro atoms. The molecule has 1 atom stereocenters. The average Bonchev–Trinajstić information content (AvgIpc) is 3.12. The SMILES string of the molecule is Cc1ncsc1CCC(=O)NC[C@H](CO)Cc1cccs1. The van der Waals surface area contributed by atoms with E-state index < -0.39 is 0 Å². The lowest BCUT2D eigenvalue weighted by Crippen LogP contribution is -2.31. The van der Waals surface area contributed by atoms with Crippen LogP contribution in [0.25, 0.3) is 0 Å². The van der Waals surface area contributed by atoms with Crippen molar-refractivity contribution in [1.82, 2.24) is 10.3 Å². The second kappa shape index (κ2) is 8.26. The molecule has 0 saturated carbocycles. The number of aliphatic hydroxyl groups excluding tert-OH is 1. The molecule has 2 aromatic heterocycles. The quantitative estimate of drug-likeness (QED) is 0.784. The Bertz CT molecular complexity index is 552. The van der Waals surface area contributed by atoms with E-state index in [0.717, 1.165) is 18.5 Å². The van der Waals surface area contributed by atoms with Crippen molar-refractivity contribution < 1.29 is 9.90 Å². The Morgan fingerprint density at radius 3 is 2.95 bits per heavy atom. The van der Waals surface area contributed by atoms with Gasteiger partial charge in [0, 0.05) is 35.2 Å². The number of hydrogen-bond donors (Lipinski definition) is 2. The Hall–Kier alpha value is -1.24. The Morgan fingerprint density at radius 2 is 2.33 bits per heavy atom. The van der Waals surface area contributed by atoms with Gasteiger partial charge in [0.1, 0.15) is 0 Å². The lowest BCUT2D eigenvalue weighted by Gasteiger charge is -2.14. The van der Waals surface area contributed by atoms with Crippen molar-refractivity contribution in [3.05, 3.63) is 38.5 Å². The number of nitrogens with zero attached hydrogens (tertiary/aromatic N) is 1. The first-order chi connectivity index (χ1) is 10.2. The van der Waals surface area contributed by atoms with Gasteiger partial charge in [-0.3, -0.25) is 4.79 Å². The Balaban J connectivity index is 1.71. The first kappa shape index (κ1) is 16.1. The van der Waals surface area contributed by atoms with E-state index in [2.05, 4.69) is 16.4 Å². The molecule has 2 heterocycles. The van der Waals surface area contributed by atoms with Gasteiger partial charge in [0.05, 0.1) is 11.2 Å². The molecule has 1 amide bonds. The zero-order valence-corrected chi connectivity index (χ0v) is 13.7. The first-order valence-corrected chi connectivity index (χ1v) is 8.74. The van der Waals surface area contributed by atoms with Crippen molar-refractivity contribution in [2.45, 2.75) is 26.2 Å². The van der Waals surface area contributed by atoms with E-state index in [9.17, 15) is 9.90 Å². The number of aliphatic hydroxyl groups is 1. The zero-order valence-electron chi connectivity index (χ0n) is 12.0. The number of carbonyl (C=O) groups is 1. The molecule has 0 radical (unpaired) electrons. The van der Waals surface area contributed by atoms with Gasteiger partial charge in [-0.1, -0.05) is 6.07 Å². The van der Waals surface area contributed by atoms with Crippen LogP contribution in [0.5, 0.6) is 0 Å². The number of aromatic nitrogens is 1. The molecule has 2 rings (SSSR count). The first-order valence-electron chi connectivity index (χ1n) is 6.98. The molecule has 114 valence electrons. The molecule has 0 aromatic carbocycles. The van der Waals surface area contributed by atoms with Crippen molar-refractivity contribution in [3.63, 3.8) is 0 Å². The van der Waals surface area contributed by atoms with Gasteiger partial charge in [-0.25, -0.2) is 4.98 Å². The maximum atomic E-state index is 11.9. The van der Waals surface area contributed by atoms with E-state index in [-0.39, 0.29) is 18.4 Å². The molecule has 4 nitrogen and oxygen atoms in total. The molecule has 21 heavy (non-hydrogen) atoms. The van der Waals surface area contributed by atoms with Gasteiger partial charge in [0.15, 0.2) is 0 Å². The van der Waals surface area contributed by atoms with Gasteiger partial charge >= 0.3 is 0 Å². The molecule has 0 aliphatic carbocycles. The predicted octanol–water partition coefficient (Wildman–Crippen LogP) is 2.41. The number of carbonyl (C=O) groups excluding carboxylic acids is 1. The zero-order chi connectivity index (χ0) is 15.1. The second-order valence-electron chi connectivity index (χ2n) is 5.00. The number of thiazole rings is 1. The van der Waals surface area contributed by atoms with Crippen LogP contribution in [-0.4, -0.2) is 29.1 Å². The minimum absolute atomic E-state index is 0.0347. The summed E-state index contributed by atoms with van der Waals surface area (Å²) < 4.78 is 0.